The summed E-state index contributed by atoms with van der Waals surface area (Å²) < 4.78 is 5.35. The van der Waals surface area contributed by atoms with Gasteiger partial charge in [0.1, 0.15) is 5.60 Å². The van der Waals surface area contributed by atoms with Crippen LogP contribution in [-0.4, -0.2) is 29.7 Å². The van der Waals surface area contributed by atoms with E-state index in [0.717, 1.165) is 12.8 Å². The van der Waals surface area contributed by atoms with Gasteiger partial charge in [0.25, 0.3) is 0 Å². The van der Waals surface area contributed by atoms with Gasteiger partial charge in [0.15, 0.2) is 0 Å². The molecule has 0 aromatic carbocycles. The van der Waals surface area contributed by atoms with Crippen LogP contribution in [0.2, 0.25) is 0 Å². The van der Waals surface area contributed by atoms with Crippen molar-refractivity contribution in [3.05, 3.63) is 0 Å². The lowest BCUT2D eigenvalue weighted by atomic mass is 9.75. The van der Waals surface area contributed by atoms with Gasteiger partial charge in [-0.1, -0.05) is 0 Å². The van der Waals surface area contributed by atoms with Crippen LogP contribution >= 0.6 is 0 Å². The fraction of sp³-hybridized carbons (Fsp3) is 0.857. The van der Waals surface area contributed by atoms with Crippen molar-refractivity contribution >= 4 is 6.09 Å². The average molecular weight is 252 g/mol. The lowest BCUT2D eigenvalue weighted by Crippen LogP contribution is -2.44. The molecule has 0 radical (unpaired) electrons. The van der Waals surface area contributed by atoms with E-state index in [1.165, 1.54) is 0 Å². The summed E-state index contributed by atoms with van der Waals surface area (Å²) in [5.74, 6) is 0.362. The molecule has 0 N–H and O–H groups in total. The Balaban J connectivity index is 2.50. The summed E-state index contributed by atoms with van der Waals surface area (Å²) >= 11 is 0. The zero-order valence-corrected chi connectivity index (χ0v) is 12.1. The maximum absolute atomic E-state index is 11.9. The number of nitriles is 1. The summed E-state index contributed by atoms with van der Waals surface area (Å²) in [7, 11) is 0. The van der Waals surface area contributed by atoms with Gasteiger partial charge in [0.2, 0.25) is 0 Å². The lowest BCUT2D eigenvalue weighted by Gasteiger charge is -2.37. The third kappa shape index (κ3) is 3.90. The molecule has 1 rings (SSSR count). The Morgan fingerprint density at radius 1 is 1.22 bits per heavy atom. The monoisotopic (exact) mass is 252 g/mol. The van der Waals surface area contributed by atoms with Gasteiger partial charge in [-0.05, 0) is 53.4 Å². The molecule has 1 aliphatic rings. The molecule has 1 heterocycles. The Morgan fingerprint density at radius 2 is 1.72 bits per heavy atom. The summed E-state index contributed by atoms with van der Waals surface area (Å²) in [5.41, 5.74) is -0.750. The number of likely N-dealkylation sites (tertiary alicyclic amines) is 1. The van der Waals surface area contributed by atoms with Crippen LogP contribution in [0.1, 0.15) is 47.5 Å². The molecule has 1 aliphatic heterocycles. The molecule has 1 amide bonds. The van der Waals surface area contributed by atoms with Crippen molar-refractivity contribution in [1.29, 1.82) is 5.26 Å². The van der Waals surface area contributed by atoms with Gasteiger partial charge in [-0.3, -0.25) is 0 Å². The third-order valence-electron chi connectivity index (χ3n) is 3.46. The van der Waals surface area contributed by atoms with Gasteiger partial charge < -0.3 is 9.64 Å². The van der Waals surface area contributed by atoms with Crippen LogP contribution in [0.3, 0.4) is 0 Å². The van der Waals surface area contributed by atoms with Crippen molar-refractivity contribution in [3.63, 3.8) is 0 Å². The summed E-state index contributed by atoms with van der Waals surface area (Å²) in [4.78, 5) is 13.6. The molecular weight excluding hydrogens is 228 g/mol. The molecule has 0 spiro atoms. The van der Waals surface area contributed by atoms with Gasteiger partial charge in [0, 0.05) is 13.1 Å². The van der Waals surface area contributed by atoms with Crippen LogP contribution in [0.5, 0.6) is 0 Å². The molecular formula is C14H24N2O2. The number of carbonyl (C=O) groups excluding carboxylic acids is 1. The zero-order valence-electron chi connectivity index (χ0n) is 12.1. The minimum atomic E-state index is -0.445. The van der Waals surface area contributed by atoms with Crippen LogP contribution in [-0.2, 0) is 4.74 Å². The normalized spacial score (nSPS) is 18.3. The molecule has 1 fully saturated rings. The van der Waals surface area contributed by atoms with Gasteiger partial charge in [-0.25, -0.2) is 4.79 Å². The second-order valence-corrected chi connectivity index (χ2v) is 6.58. The predicted octanol–water partition coefficient (Wildman–Crippen LogP) is 3.18. The van der Waals surface area contributed by atoms with Gasteiger partial charge in [-0.2, -0.15) is 5.26 Å². The average Bonchev–Trinajstić information content (AvgIpc) is 2.27. The minimum absolute atomic E-state index is 0.240. The summed E-state index contributed by atoms with van der Waals surface area (Å²) in [6.07, 6.45) is 1.51. The SMILES string of the molecule is CC(C)(C)OC(=O)N1CCC(C(C)(C)C#N)CC1. The number of nitrogens with zero attached hydrogens (tertiary/aromatic N) is 2. The first-order valence-electron chi connectivity index (χ1n) is 6.55. The molecule has 0 unspecified atom stereocenters. The first-order chi connectivity index (χ1) is 8.15. The molecule has 4 nitrogen and oxygen atoms in total. The van der Waals surface area contributed by atoms with E-state index in [9.17, 15) is 4.79 Å². The van der Waals surface area contributed by atoms with E-state index >= 15 is 0 Å². The van der Waals surface area contributed by atoms with Crippen LogP contribution in [0.4, 0.5) is 4.79 Å². The maximum Gasteiger partial charge on any atom is 0.410 e. The standard InChI is InChI=1S/C14H24N2O2/c1-13(2,3)18-12(17)16-8-6-11(7-9-16)14(4,5)10-15/h11H,6-9H2,1-5H3. The molecule has 18 heavy (non-hydrogen) atoms. The van der Waals surface area contributed by atoms with Crippen molar-refractivity contribution in [2.75, 3.05) is 13.1 Å². The minimum Gasteiger partial charge on any atom is -0.444 e. The Labute approximate surface area is 110 Å². The largest absolute Gasteiger partial charge is 0.444 e. The number of amides is 1. The molecule has 0 aromatic rings. The van der Waals surface area contributed by atoms with E-state index in [0.29, 0.717) is 19.0 Å². The Kier molecular flexibility index (Phi) is 4.26. The molecule has 4 heteroatoms. The number of rotatable bonds is 1. The second kappa shape index (κ2) is 5.17. The molecule has 0 aliphatic carbocycles. The van der Waals surface area contributed by atoms with Crippen molar-refractivity contribution in [2.24, 2.45) is 11.3 Å². The van der Waals surface area contributed by atoms with Crippen molar-refractivity contribution in [1.82, 2.24) is 4.90 Å². The van der Waals surface area contributed by atoms with Crippen molar-refractivity contribution in [3.8, 4) is 6.07 Å². The quantitative estimate of drug-likeness (QED) is 0.720. The van der Waals surface area contributed by atoms with Gasteiger partial charge in [0.05, 0.1) is 11.5 Å². The number of carbonyl (C=O) groups is 1. The number of hydrogen-bond acceptors (Lipinski definition) is 3. The Hall–Kier alpha value is -1.24. The lowest BCUT2D eigenvalue weighted by molar-refractivity contribution is 0.0146. The van der Waals surface area contributed by atoms with Crippen LogP contribution < -0.4 is 0 Å². The van der Waals surface area contributed by atoms with Crippen LogP contribution in [0.15, 0.2) is 0 Å². The Bertz CT molecular complexity index is 342. The van der Waals surface area contributed by atoms with E-state index < -0.39 is 5.60 Å². The smallest absolute Gasteiger partial charge is 0.410 e. The zero-order chi connectivity index (χ0) is 14.0. The van der Waals surface area contributed by atoms with Gasteiger partial charge >= 0.3 is 6.09 Å². The molecule has 0 saturated carbocycles. The van der Waals surface area contributed by atoms with Gasteiger partial charge in [-0.15, -0.1) is 0 Å². The van der Waals surface area contributed by atoms with Crippen LogP contribution in [0, 0.1) is 22.7 Å². The maximum atomic E-state index is 11.9. The first-order valence-corrected chi connectivity index (χ1v) is 6.55. The highest BCUT2D eigenvalue weighted by Crippen LogP contribution is 2.34. The van der Waals surface area contributed by atoms with Crippen molar-refractivity contribution < 1.29 is 9.53 Å². The third-order valence-corrected chi connectivity index (χ3v) is 3.46. The number of piperidine rings is 1. The highest BCUT2D eigenvalue weighted by Gasteiger charge is 2.34. The first kappa shape index (κ1) is 14.8. The fourth-order valence-corrected chi connectivity index (χ4v) is 2.20. The predicted molar refractivity (Wildman–Crippen MR) is 69.9 cm³/mol. The van der Waals surface area contributed by atoms with E-state index in [-0.39, 0.29) is 11.5 Å². The topological polar surface area (TPSA) is 53.3 Å². The fourth-order valence-electron chi connectivity index (χ4n) is 2.20. The van der Waals surface area contributed by atoms with Crippen molar-refractivity contribution in [2.45, 2.75) is 53.1 Å². The highest BCUT2D eigenvalue weighted by atomic mass is 16.6. The number of hydrogen-bond donors (Lipinski definition) is 0. The molecule has 0 bridgehead atoms. The van der Waals surface area contributed by atoms with E-state index in [1.54, 1.807) is 4.90 Å². The number of ether oxygens (including phenoxy) is 1. The summed E-state index contributed by atoms with van der Waals surface area (Å²) in [6.45, 7) is 10.9. The molecule has 0 aromatic heterocycles. The molecule has 0 atom stereocenters. The summed E-state index contributed by atoms with van der Waals surface area (Å²) in [6, 6.07) is 2.36. The highest BCUT2D eigenvalue weighted by molar-refractivity contribution is 5.68. The second-order valence-electron chi connectivity index (χ2n) is 6.58. The Morgan fingerprint density at radius 3 is 2.11 bits per heavy atom. The molecule has 1 saturated heterocycles. The van der Waals surface area contributed by atoms with E-state index in [1.807, 2.05) is 34.6 Å². The van der Waals surface area contributed by atoms with E-state index in [2.05, 4.69) is 6.07 Å². The molecule has 102 valence electrons. The van der Waals surface area contributed by atoms with E-state index in [4.69, 9.17) is 10.00 Å². The van der Waals surface area contributed by atoms with Crippen LogP contribution in [0.25, 0.3) is 0 Å². The summed E-state index contributed by atoms with van der Waals surface area (Å²) in [5, 5.41) is 9.12.